The highest BCUT2D eigenvalue weighted by atomic mass is 16.5. The maximum absolute atomic E-state index is 12.1. The van der Waals surface area contributed by atoms with E-state index in [0.29, 0.717) is 17.1 Å². The van der Waals surface area contributed by atoms with Gasteiger partial charge in [0.15, 0.2) is 11.5 Å². The van der Waals surface area contributed by atoms with Crippen LogP contribution < -0.4 is 14.8 Å². The van der Waals surface area contributed by atoms with E-state index >= 15 is 0 Å². The van der Waals surface area contributed by atoms with Gasteiger partial charge in [-0.05, 0) is 37.0 Å². The largest absolute Gasteiger partial charge is 0.493 e. The number of carbonyl (C=O) groups is 1. The smallest absolute Gasteiger partial charge is 0.223 e. The Hall–Kier alpha value is -2.01. The first-order valence-electron chi connectivity index (χ1n) is 7.48. The molecule has 1 aliphatic rings. The molecule has 5 nitrogen and oxygen atoms in total. The number of methoxy groups -OCH3 is 2. The van der Waals surface area contributed by atoms with Crippen LogP contribution in [0.3, 0.4) is 0 Å². The second kappa shape index (κ2) is 7.84. The van der Waals surface area contributed by atoms with E-state index in [0.717, 1.165) is 19.3 Å². The first-order chi connectivity index (χ1) is 10.7. The molecule has 0 heterocycles. The Morgan fingerprint density at radius 1 is 1.32 bits per heavy atom. The molecule has 2 unspecified atom stereocenters. The average molecular weight is 305 g/mol. The number of ether oxygens (including phenoxy) is 2. The molecule has 1 amide bonds. The van der Waals surface area contributed by atoms with Crippen LogP contribution in [-0.4, -0.2) is 31.8 Å². The van der Waals surface area contributed by atoms with E-state index in [1.165, 1.54) is 0 Å². The van der Waals surface area contributed by atoms with Gasteiger partial charge in [0.1, 0.15) is 0 Å². The molecule has 1 aromatic rings. The van der Waals surface area contributed by atoms with Gasteiger partial charge < -0.3 is 19.9 Å². The minimum absolute atomic E-state index is 0.00359. The standard InChI is InChI=1S/C17H23NO4/c1-21-15-9-8-13(10-16(15)22-2)14(19)11-18-17(20)12-6-4-3-5-7-12/h3-4,8-10,12,14,19H,5-7,11H2,1-2H3,(H,18,20). The van der Waals surface area contributed by atoms with Crippen LogP contribution in [0.5, 0.6) is 11.5 Å². The lowest BCUT2D eigenvalue weighted by Crippen LogP contribution is -2.34. The van der Waals surface area contributed by atoms with Crippen LogP contribution in [0.25, 0.3) is 0 Å². The molecule has 5 heteroatoms. The van der Waals surface area contributed by atoms with E-state index in [-0.39, 0.29) is 18.4 Å². The zero-order valence-corrected chi connectivity index (χ0v) is 13.0. The Kier molecular flexibility index (Phi) is 5.83. The number of carbonyl (C=O) groups excluding carboxylic acids is 1. The summed E-state index contributed by atoms with van der Waals surface area (Å²) in [6.45, 7) is 0.189. The highest BCUT2D eigenvalue weighted by Gasteiger charge is 2.20. The van der Waals surface area contributed by atoms with E-state index in [1.807, 2.05) is 6.08 Å². The van der Waals surface area contributed by atoms with Crippen LogP contribution in [-0.2, 0) is 4.79 Å². The quantitative estimate of drug-likeness (QED) is 0.791. The summed E-state index contributed by atoms with van der Waals surface area (Å²) in [6, 6.07) is 5.23. The van der Waals surface area contributed by atoms with Gasteiger partial charge in [-0.15, -0.1) is 0 Å². The molecule has 0 radical (unpaired) electrons. The first kappa shape index (κ1) is 16.4. The Morgan fingerprint density at radius 3 is 2.73 bits per heavy atom. The maximum Gasteiger partial charge on any atom is 0.223 e. The molecular formula is C17H23NO4. The predicted molar refractivity (Wildman–Crippen MR) is 84.0 cm³/mol. The second-order valence-corrected chi connectivity index (χ2v) is 5.36. The van der Waals surface area contributed by atoms with Crippen molar-refractivity contribution in [3.8, 4) is 11.5 Å². The molecule has 2 atom stereocenters. The van der Waals surface area contributed by atoms with Gasteiger partial charge in [-0.2, -0.15) is 0 Å². The summed E-state index contributed by atoms with van der Waals surface area (Å²) in [5.74, 6) is 1.19. The van der Waals surface area contributed by atoms with Crippen LogP contribution in [0.15, 0.2) is 30.4 Å². The SMILES string of the molecule is COc1ccc(C(O)CNC(=O)C2CC=CCC2)cc1OC. The van der Waals surface area contributed by atoms with Crippen LogP contribution in [0.1, 0.15) is 30.9 Å². The molecule has 1 aromatic carbocycles. The normalized spacial score (nSPS) is 18.6. The molecule has 0 saturated carbocycles. The minimum atomic E-state index is -0.775. The molecule has 0 fully saturated rings. The summed E-state index contributed by atoms with van der Waals surface area (Å²) in [5, 5.41) is 13.0. The van der Waals surface area contributed by atoms with E-state index in [2.05, 4.69) is 11.4 Å². The van der Waals surface area contributed by atoms with Crippen molar-refractivity contribution in [2.24, 2.45) is 5.92 Å². The van der Waals surface area contributed by atoms with Crippen LogP contribution in [0, 0.1) is 5.92 Å². The molecule has 0 aliphatic heterocycles. The van der Waals surface area contributed by atoms with Crippen molar-refractivity contribution in [1.82, 2.24) is 5.32 Å². The lowest BCUT2D eigenvalue weighted by atomic mass is 9.93. The summed E-state index contributed by atoms with van der Waals surface area (Å²) in [6.07, 6.45) is 5.95. The topological polar surface area (TPSA) is 67.8 Å². The van der Waals surface area contributed by atoms with Crippen molar-refractivity contribution in [2.45, 2.75) is 25.4 Å². The number of aliphatic hydroxyl groups excluding tert-OH is 1. The van der Waals surface area contributed by atoms with Crippen molar-refractivity contribution in [3.63, 3.8) is 0 Å². The van der Waals surface area contributed by atoms with E-state index < -0.39 is 6.10 Å². The van der Waals surface area contributed by atoms with Crippen molar-refractivity contribution in [2.75, 3.05) is 20.8 Å². The molecule has 0 aromatic heterocycles. The third-order valence-electron chi connectivity index (χ3n) is 3.90. The van der Waals surface area contributed by atoms with Gasteiger partial charge in [0.25, 0.3) is 0 Å². The fraction of sp³-hybridized carbons (Fsp3) is 0.471. The molecule has 22 heavy (non-hydrogen) atoms. The van der Waals surface area contributed by atoms with E-state index in [4.69, 9.17) is 9.47 Å². The Morgan fingerprint density at radius 2 is 2.09 bits per heavy atom. The third kappa shape index (κ3) is 4.01. The van der Waals surface area contributed by atoms with E-state index in [9.17, 15) is 9.90 Å². The van der Waals surface area contributed by atoms with E-state index in [1.54, 1.807) is 32.4 Å². The van der Waals surface area contributed by atoms with Gasteiger partial charge in [-0.3, -0.25) is 4.79 Å². The number of benzene rings is 1. The van der Waals surface area contributed by atoms with Gasteiger partial charge in [-0.1, -0.05) is 18.2 Å². The first-order valence-corrected chi connectivity index (χ1v) is 7.48. The molecule has 120 valence electrons. The predicted octanol–water partition coefficient (Wildman–Crippen LogP) is 2.21. The molecule has 2 N–H and O–H groups in total. The number of allylic oxidation sites excluding steroid dienone is 2. The lowest BCUT2D eigenvalue weighted by Gasteiger charge is -2.19. The summed E-state index contributed by atoms with van der Waals surface area (Å²) in [5.41, 5.74) is 0.682. The molecular weight excluding hydrogens is 282 g/mol. The van der Waals surface area contributed by atoms with Crippen molar-refractivity contribution < 1.29 is 19.4 Å². The summed E-state index contributed by atoms with van der Waals surface area (Å²) in [7, 11) is 3.11. The Balaban J connectivity index is 1.92. The number of amides is 1. The number of hydrogen-bond acceptors (Lipinski definition) is 4. The fourth-order valence-corrected chi connectivity index (χ4v) is 2.55. The number of aliphatic hydroxyl groups is 1. The van der Waals surface area contributed by atoms with Gasteiger partial charge in [-0.25, -0.2) is 0 Å². The van der Waals surface area contributed by atoms with Crippen molar-refractivity contribution in [1.29, 1.82) is 0 Å². The molecule has 0 bridgehead atoms. The summed E-state index contributed by atoms with van der Waals surface area (Å²) < 4.78 is 10.4. The third-order valence-corrected chi connectivity index (χ3v) is 3.90. The number of rotatable bonds is 6. The van der Waals surface area contributed by atoms with Crippen LogP contribution in [0.4, 0.5) is 0 Å². The number of nitrogens with one attached hydrogen (secondary N) is 1. The molecule has 0 spiro atoms. The molecule has 2 rings (SSSR count). The maximum atomic E-state index is 12.1. The van der Waals surface area contributed by atoms with Crippen molar-refractivity contribution >= 4 is 5.91 Å². The molecule has 0 saturated heterocycles. The minimum Gasteiger partial charge on any atom is -0.493 e. The van der Waals surface area contributed by atoms with Gasteiger partial charge in [0.2, 0.25) is 5.91 Å². The van der Waals surface area contributed by atoms with Crippen LogP contribution in [0.2, 0.25) is 0 Å². The monoisotopic (exact) mass is 305 g/mol. The molecule has 1 aliphatic carbocycles. The van der Waals surface area contributed by atoms with Gasteiger partial charge in [0, 0.05) is 12.5 Å². The Labute approximate surface area is 130 Å². The average Bonchev–Trinajstić information content (AvgIpc) is 2.59. The highest BCUT2D eigenvalue weighted by Crippen LogP contribution is 2.29. The lowest BCUT2D eigenvalue weighted by molar-refractivity contribution is -0.125. The fourth-order valence-electron chi connectivity index (χ4n) is 2.55. The highest BCUT2D eigenvalue weighted by molar-refractivity contribution is 5.79. The van der Waals surface area contributed by atoms with Gasteiger partial charge in [0.05, 0.1) is 20.3 Å². The zero-order valence-electron chi connectivity index (χ0n) is 13.0. The summed E-state index contributed by atoms with van der Waals surface area (Å²) >= 11 is 0. The summed E-state index contributed by atoms with van der Waals surface area (Å²) in [4.78, 5) is 12.1. The van der Waals surface area contributed by atoms with Crippen LogP contribution >= 0.6 is 0 Å². The second-order valence-electron chi connectivity index (χ2n) is 5.36. The zero-order chi connectivity index (χ0) is 15.9. The number of hydrogen-bond donors (Lipinski definition) is 2. The van der Waals surface area contributed by atoms with Gasteiger partial charge >= 0.3 is 0 Å². The Bertz CT molecular complexity index is 541. The van der Waals surface area contributed by atoms with Crippen molar-refractivity contribution in [3.05, 3.63) is 35.9 Å².